The Kier molecular flexibility index (Phi) is 7.20. The predicted molar refractivity (Wildman–Crippen MR) is 122 cm³/mol. The summed E-state index contributed by atoms with van der Waals surface area (Å²) in [5.41, 5.74) is 3.35. The van der Waals surface area contributed by atoms with Gasteiger partial charge in [0.05, 0.1) is 8.95 Å². The SMILES string of the molecule is Brc1ccc(COc2c(Br)cc(CNc3ccc(Br)cc3)cc2Br)cc1. The molecule has 0 bridgehead atoms. The van der Waals surface area contributed by atoms with Crippen molar-refractivity contribution < 1.29 is 4.74 Å². The third-order valence-electron chi connectivity index (χ3n) is 3.70. The van der Waals surface area contributed by atoms with E-state index < -0.39 is 0 Å². The standard InChI is InChI=1S/C20H15Br4NO/c21-15-3-1-13(2-4-15)12-26-20-18(23)9-14(10-19(20)24)11-25-17-7-5-16(22)6-8-17/h1-10,25H,11-12H2. The van der Waals surface area contributed by atoms with E-state index in [0.717, 1.165) is 47.0 Å². The van der Waals surface area contributed by atoms with Crippen LogP contribution in [0.4, 0.5) is 5.69 Å². The van der Waals surface area contributed by atoms with Gasteiger partial charge in [0.15, 0.2) is 0 Å². The van der Waals surface area contributed by atoms with Gasteiger partial charge in [0, 0.05) is 21.2 Å². The lowest BCUT2D eigenvalue weighted by Gasteiger charge is -2.13. The summed E-state index contributed by atoms with van der Waals surface area (Å²) < 4.78 is 9.98. The Morgan fingerprint density at radius 1 is 0.692 bits per heavy atom. The molecule has 0 aliphatic carbocycles. The molecule has 3 rings (SSSR count). The van der Waals surface area contributed by atoms with E-state index in [1.54, 1.807) is 0 Å². The highest BCUT2D eigenvalue weighted by Crippen LogP contribution is 2.35. The van der Waals surface area contributed by atoms with E-state index in [4.69, 9.17) is 4.74 Å². The number of hydrogen-bond acceptors (Lipinski definition) is 2. The van der Waals surface area contributed by atoms with Crippen molar-refractivity contribution in [3.8, 4) is 5.75 Å². The van der Waals surface area contributed by atoms with Crippen molar-refractivity contribution in [2.45, 2.75) is 13.2 Å². The topological polar surface area (TPSA) is 21.3 Å². The Hall–Kier alpha value is -0.820. The maximum atomic E-state index is 5.99. The summed E-state index contributed by atoms with van der Waals surface area (Å²) in [5.74, 6) is 0.806. The molecule has 0 aliphatic rings. The molecule has 0 fully saturated rings. The molecule has 0 saturated carbocycles. The van der Waals surface area contributed by atoms with Crippen LogP contribution in [0.2, 0.25) is 0 Å². The van der Waals surface area contributed by atoms with Gasteiger partial charge in [-0.2, -0.15) is 0 Å². The van der Waals surface area contributed by atoms with Gasteiger partial charge in [-0.25, -0.2) is 0 Å². The lowest BCUT2D eigenvalue weighted by molar-refractivity contribution is 0.302. The smallest absolute Gasteiger partial charge is 0.148 e. The van der Waals surface area contributed by atoms with Gasteiger partial charge in [-0.15, -0.1) is 0 Å². The fraction of sp³-hybridized carbons (Fsp3) is 0.100. The molecule has 0 spiro atoms. The first-order chi connectivity index (χ1) is 12.5. The molecule has 0 radical (unpaired) electrons. The summed E-state index contributed by atoms with van der Waals surface area (Å²) in [6.07, 6.45) is 0. The van der Waals surface area contributed by atoms with Crippen molar-refractivity contribution in [1.82, 2.24) is 0 Å². The second kappa shape index (κ2) is 9.40. The third-order valence-corrected chi connectivity index (χ3v) is 5.93. The Balaban J connectivity index is 1.65. The van der Waals surface area contributed by atoms with Crippen molar-refractivity contribution in [3.63, 3.8) is 0 Å². The van der Waals surface area contributed by atoms with Crippen molar-refractivity contribution in [2.24, 2.45) is 0 Å². The average molecular weight is 605 g/mol. The van der Waals surface area contributed by atoms with Gasteiger partial charge in [0.1, 0.15) is 12.4 Å². The largest absolute Gasteiger partial charge is 0.487 e. The Morgan fingerprint density at radius 3 is 1.81 bits per heavy atom. The average Bonchev–Trinajstić information content (AvgIpc) is 2.62. The fourth-order valence-corrected chi connectivity index (χ4v) is 4.40. The molecule has 3 aromatic carbocycles. The summed E-state index contributed by atoms with van der Waals surface area (Å²) in [7, 11) is 0. The van der Waals surface area contributed by atoms with Gasteiger partial charge < -0.3 is 10.1 Å². The zero-order valence-electron chi connectivity index (χ0n) is 13.6. The van der Waals surface area contributed by atoms with Gasteiger partial charge in [0.25, 0.3) is 0 Å². The highest BCUT2D eigenvalue weighted by atomic mass is 79.9. The van der Waals surface area contributed by atoms with Crippen LogP contribution in [0.3, 0.4) is 0 Å². The van der Waals surface area contributed by atoms with Crippen LogP contribution in [0.5, 0.6) is 5.75 Å². The van der Waals surface area contributed by atoms with E-state index >= 15 is 0 Å². The predicted octanol–water partition coefficient (Wildman–Crippen LogP) is 7.93. The summed E-state index contributed by atoms with van der Waals surface area (Å²) in [4.78, 5) is 0. The number of nitrogens with one attached hydrogen (secondary N) is 1. The van der Waals surface area contributed by atoms with E-state index in [1.807, 2.05) is 48.5 Å². The maximum Gasteiger partial charge on any atom is 0.148 e. The van der Waals surface area contributed by atoms with Gasteiger partial charge >= 0.3 is 0 Å². The summed E-state index contributed by atoms with van der Waals surface area (Å²) in [5, 5.41) is 3.42. The van der Waals surface area contributed by atoms with Crippen molar-refractivity contribution in [3.05, 3.63) is 89.7 Å². The Bertz CT molecular complexity index is 856. The second-order valence-electron chi connectivity index (χ2n) is 5.66. The Labute approximate surface area is 186 Å². The molecular weight excluding hydrogens is 590 g/mol. The van der Waals surface area contributed by atoms with Crippen molar-refractivity contribution >= 4 is 69.4 Å². The molecule has 6 heteroatoms. The number of halogens is 4. The number of hydrogen-bond donors (Lipinski definition) is 1. The first-order valence-corrected chi connectivity index (χ1v) is 11.0. The number of ether oxygens (including phenoxy) is 1. The molecule has 0 unspecified atom stereocenters. The lowest BCUT2D eigenvalue weighted by Crippen LogP contribution is -2.01. The molecule has 26 heavy (non-hydrogen) atoms. The second-order valence-corrected chi connectivity index (χ2v) is 9.20. The van der Waals surface area contributed by atoms with Crippen LogP contribution in [0.1, 0.15) is 11.1 Å². The third kappa shape index (κ3) is 5.59. The van der Waals surface area contributed by atoms with Crippen LogP contribution in [-0.4, -0.2) is 0 Å². The highest BCUT2D eigenvalue weighted by Gasteiger charge is 2.10. The van der Waals surface area contributed by atoms with E-state index in [2.05, 4.69) is 81.2 Å². The van der Waals surface area contributed by atoms with Crippen LogP contribution >= 0.6 is 63.7 Å². The maximum absolute atomic E-state index is 5.99. The minimum atomic E-state index is 0.515. The van der Waals surface area contributed by atoms with Gasteiger partial charge in [0.2, 0.25) is 0 Å². The zero-order chi connectivity index (χ0) is 18.5. The van der Waals surface area contributed by atoms with Crippen LogP contribution in [0.25, 0.3) is 0 Å². The van der Waals surface area contributed by atoms with Gasteiger partial charge in [-0.1, -0.05) is 44.0 Å². The van der Waals surface area contributed by atoms with Gasteiger partial charge in [-0.05, 0) is 91.5 Å². The highest BCUT2D eigenvalue weighted by molar-refractivity contribution is 9.11. The van der Waals surface area contributed by atoms with Gasteiger partial charge in [-0.3, -0.25) is 0 Å². The van der Waals surface area contributed by atoms with E-state index in [9.17, 15) is 0 Å². The molecule has 1 N–H and O–H groups in total. The van der Waals surface area contributed by atoms with Crippen LogP contribution < -0.4 is 10.1 Å². The normalized spacial score (nSPS) is 10.6. The molecule has 0 aromatic heterocycles. The Morgan fingerprint density at radius 2 is 1.23 bits per heavy atom. The van der Waals surface area contributed by atoms with Crippen LogP contribution in [0, 0.1) is 0 Å². The van der Waals surface area contributed by atoms with E-state index in [1.165, 1.54) is 0 Å². The van der Waals surface area contributed by atoms with E-state index in [0.29, 0.717) is 6.61 Å². The fourth-order valence-electron chi connectivity index (χ4n) is 2.36. The molecule has 0 saturated heterocycles. The molecule has 3 aromatic rings. The summed E-state index contributed by atoms with van der Waals surface area (Å²) in [6, 6.07) is 20.4. The number of rotatable bonds is 6. The minimum Gasteiger partial charge on any atom is -0.487 e. The molecule has 2 nitrogen and oxygen atoms in total. The lowest BCUT2D eigenvalue weighted by atomic mass is 10.2. The molecular formula is C20H15Br4NO. The first kappa shape index (κ1) is 19.9. The quantitative estimate of drug-likeness (QED) is 0.309. The monoisotopic (exact) mass is 601 g/mol. The molecule has 0 heterocycles. The number of anilines is 1. The van der Waals surface area contributed by atoms with Crippen molar-refractivity contribution in [1.29, 1.82) is 0 Å². The van der Waals surface area contributed by atoms with Crippen LogP contribution in [-0.2, 0) is 13.2 Å². The molecule has 0 amide bonds. The molecule has 0 atom stereocenters. The minimum absolute atomic E-state index is 0.515. The van der Waals surface area contributed by atoms with Crippen LogP contribution in [0.15, 0.2) is 78.6 Å². The summed E-state index contributed by atoms with van der Waals surface area (Å²) >= 11 is 14.1. The number of benzene rings is 3. The zero-order valence-corrected chi connectivity index (χ0v) is 20.0. The van der Waals surface area contributed by atoms with Crippen molar-refractivity contribution in [2.75, 3.05) is 5.32 Å². The molecule has 0 aliphatic heterocycles. The van der Waals surface area contributed by atoms with E-state index in [-0.39, 0.29) is 0 Å². The summed E-state index contributed by atoms with van der Waals surface area (Å²) in [6.45, 7) is 1.24. The molecule has 134 valence electrons. The first-order valence-electron chi connectivity index (χ1n) is 7.86.